The Morgan fingerprint density at radius 2 is 1.92 bits per heavy atom. The normalized spacial score (nSPS) is 19.5. The van der Waals surface area contributed by atoms with E-state index in [9.17, 15) is 18.0 Å². The van der Waals surface area contributed by atoms with Crippen LogP contribution in [0.15, 0.2) is 24.3 Å². The van der Waals surface area contributed by atoms with Crippen LogP contribution in [-0.2, 0) is 11.0 Å². The number of carbonyl (C=O) groups is 1. The third kappa shape index (κ3) is 5.23. The van der Waals surface area contributed by atoms with Gasteiger partial charge in [0.05, 0.1) is 12.1 Å². The Hall–Kier alpha value is -1.56. The second-order valence-corrected chi connectivity index (χ2v) is 6.80. The molecule has 0 radical (unpaired) electrons. The first-order valence-electron chi connectivity index (χ1n) is 8.45. The smallest absolute Gasteiger partial charge is 0.355 e. The highest BCUT2D eigenvalue weighted by Crippen LogP contribution is 2.34. The number of carbonyl (C=O) groups excluding carboxylic acids is 1. The molecule has 1 fully saturated rings. The SMILES string of the molecule is CC(C)CNC(=O)CN1CCCCC1c1ccc(C(F)(F)F)cc1. The average Bonchev–Trinajstić information content (AvgIpc) is 2.53. The summed E-state index contributed by atoms with van der Waals surface area (Å²) in [6.45, 7) is 5.79. The van der Waals surface area contributed by atoms with Crippen LogP contribution in [0.2, 0.25) is 0 Å². The van der Waals surface area contributed by atoms with Gasteiger partial charge in [-0.2, -0.15) is 13.2 Å². The van der Waals surface area contributed by atoms with Crippen LogP contribution in [0.3, 0.4) is 0 Å². The molecule has 1 aliphatic rings. The van der Waals surface area contributed by atoms with Crippen molar-refractivity contribution in [3.05, 3.63) is 35.4 Å². The van der Waals surface area contributed by atoms with E-state index in [1.165, 1.54) is 12.1 Å². The summed E-state index contributed by atoms with van der Waals surface area (Å²) in [6, 6.07) is 5.34. The number of amides is 1. The summed E-state index contributed by atoms with van der Waals surface area (Å²) >= 11 is 0. The molecule has 1 aromatic carbocycles. The van der Waals surface area contributed by atoms with Crippen LogP contribution < -0.4 is 5.32 Å². The van der Waals surface area contributed by atoms with E-state index in [0.717, 1.165) is 43.5 Å². The number of benzene rings is 1. The minimum atomic E-state index is -4.32. The molecule has 1 unspecified atom stereocenters. The minimum absolute atomic E-state index is 0.00540. The van der Waals surface area contributed by atoms with E-state index in [1.807, 2.05) is 13.8 Å². The molecule has 1 amide bonds. The van der Waals surface area contributed by atoms with Crippen LogP contribution in [0.1, 0.15) is 50.3 Å². The predicted molar refractivity (Wildman–Crippen MR) is 87.5 cm³/mol. The third-order valence-electron chi connectivity index (χ3n) is 4.29. The van der Waals surface area contributed by atoms with Crippen molar-refractivity contribution in [2.45, 2.75) is 45.3 Å². The highest BCUT2D eigenvalue weighted by atomic mass is 19.4. The molecule has 1 N–H and O–H groups in total. The van der Waals surface area contributed by atoms with Crippen LogP contribution in [-0.4, -0.2) is 30.4 Å². The number of hydrogen-bond donors (Lipinski definition) is 1. The molecule has 1 aromatic rings. The number of alkyl halides is 3. The molecule has 0 aromatic heterocycles. The van der Waals surface area contributed by atoms with Crippen LogP contribution in [0.25, 0.3) is 0 Å². The van der Waals surface area contributed by atoms with Gasteiger partial charge in [-0.3, -0.25) is 9.69 Å². The molecule has 1 aliphatic heterocycles. The maximum atomic E-state index is 12.7. The first-order chi connectivity index (χ1) is 11.3. The monoisotopic (exact) mass is 342 g/mol. The van der Waals surface area contributed by atoms with Crippen LogP contribution in [0.5, 0.6) is 0 Å². The van der Waals surface area contributed by atoms with Gasteiger partial charge in [0.1, 0.15) is 0 Å². The van der Waals surface area contributed by atoms with E-state index in [1.54, 1.807) is 0 Å². The van der Waals surface area contributed by atoms with Gasteiger partial charge in [0.2, 0.25) is 5.91 Å². The Morgan fingerprint density at radius 3 is 2.50 bits per heavy atom. The van der Waals surface area contributed by atoms with Gasteiger partial charge in [-0.15, -0.1) is 0 Å². The van der Waals surface area contributed by atoms with Gasteiger partial charge in [-0.05, 0) is 43.0 Å². The summed E-state index contributed by atoms with van der Waals surface area (Å²) in [5, 5.41) is 2.90. The first-order valence-corrected chi connectivity index (χ1v) is 8.45. The van der Waals surface area contributed by atoms with Gasteiger partial charge < -0.3 is 5.32 Å². The molecule has 24 heavy (non-hydrogen) atoms. The number of nitrogens with zero attached hydrogens (tertiary/aromatic N) is 1. The lowest BCUT2D eigenvalue weighted by molar-refractivity contribution is -0.137. The fourth-order valence-corrected chi connectivity index (χ4v) is 3.01. The maximum Gasteiger partial charge on any atom is 0.416 e. The zero-order valence-electron chi connectivity index (χ0n) is 14.2. The van der Waals surface area contributed by atoms with Crippen molar-refractivity contribution in [1.29, 1.82) is 0 Å². The van der Waals surface area contributed by atoms with Crippen molar-refractivity contribution in [2.75, 3.05) is 19.6 Å². The molecular formula is C18H25F3N2O. The van der Waals surface area contributed by atoms with Crippen LogP contribution >= 0.6 is 0 Å². The molecule has 1 atom stereocenters. The van der Waals surface area contributed by atoms with Crippen molar-refractivity contribution in [1.82, 2.24) is 10.2 Å². The Balaban J connectivity index is 2.04. The van der Waals surface area contributed by atoms with Gasteiger partial charge in [-0.25, -0.2) is 0 Å². The molecule has 0 spiro atoms. The largest absolute Gasteiger partial charge is 0.416 e. The second kappa shape index (κ2) is 8.01. The Morgan fingerprint density at radius 1 is 1.25 bits per heavy atom. The summed E-state index contributed by atoms with van der Waals surface area (Å²) in [5.41, 5.74) is 0.211. The molecule has 0 bridgehead atoms. The van der Waals surface area contributed by atoms with E-state index in [0.29, 0.717) is 19.0 Å². The zero-order valence-corrected chi connectivity index (χ0v) is 14.2. The number of hydrogen-bond acceptors (Lipinski definition) is 2. The molecule has 1 saturated heterocycles. The van der Waals surface area contributed by atoms with E-state index in [-0.39, 0.29) is 11.9 Å². The minimum Gasteiger partial charge on any atom is -0.355 e. The van der Waals surface area contributed by atoms with Gasteiger partial charge >= 0.3 is 6.18 Å². The molecule has 1 heterocycles. The highest BCUT2D eigenvalue weighted by Gasteiger charge is 2.31. The molecule has 6 heteroatoms. The summed E-state index contributed by atoms with van der Waals surface area (Å²) in [7, 11) is 0. The summed E-state index contributed by atoms with van der Waals surface area (Å²) in [5.74, 6) is 0.364. The summed E-state index contributed by atoms with van der Waals surface area (Å²) < 4.78 is 38.1. The standard InChI is InChI=1S/C18H25F3N2O/c1-13(2)11-22-17(24)12-23-10-4-3-5-16(23)14-6-8-15(9-7-14)18(19,20)21/h6-9,13,16H,3-5,10-12H2,1-2H3,(H,22,24). The molecule has 0 aliphatic carbocycles. The quantitative estimate of drug-likeness (QED) is 0.877. The second-order valence-electron chi connectivity index (χ2n) is 6.80. The lowest BCUT2D eigenvalue weighted by Crippen LogP contribution is -2.42. The van der Waals surface area contributed by atoms with Crippen LogP contribution in [0.4, 0.5) is 13.2 Å². The van der Waals surface area contributed by atoms with E-state index < -0.39 is 11.7 Å². The lowest BCUT2D eigenvalue weighted by Gasteiger charge is -2.35. The topological polar surface area (TPSA) is 32.3 Å². The Bertz CT molecular complexity index is 540. The van der Waals surface area contributed by atoms with Gasteiger partial charge in [0.25, 0.3) is 0 Å². The number of piperidine rings is 1. The van der Waals surface area contributed by atoms with Gasteiger partial charge in [0.15, 0.2) is 0 Å². The molecule has 134 valence electrons. The third-order valence-corrected chi connectivity index (χ3v) is 4.29. The highest BCUT2D eigenvalue weighted by molar-refractivity contribution is 5.78. The average molecular weight is 342 g/mol. The number of rotatable bonds is 5. The van der Waals surface area contributed by atoms with E-state index >= 15 is 0 Å². The number of likely N-dealkylation sites (tertiary alicyclic amines) is 1. The molecule has 0 saturated carbocycles. The van der Waals surface area contributed by atoms with Crippen molar-refractivity contribution in [3.63, 3.8) is 0 Å². The van der Waals surface area contributed by atoms with Crippen molar-refractivity contribution < 1.29 is 18.0 Å². The van der Waals surface area contributed by atoms with Crippen molar-refractivity contribution in [2.24, 2.45) is 5.92 Å². The lowest BCUT2D eigenvalue weighted by atomic mass is 9.94. The van der Waals surface area contributed by atoms with E-state index in [2.05, 4.69) is 10.2 Å². The zero-order chi connectivity index (χ0) is 17.7. The fraction of sp³-hybridized carbons (Fsp3) is 0.611. The molecule has 3 nitrogen and oxygen atoms in total. The fourth-order valence-electron chi connectivity index (χ4n) is 3.01. The maximum absolute atomic E-state index is 12.7. The molecular weight excluding hydrogens is 317 g/mol. The van der Waals surface area contributed by atoms with Crippen molar-refractivity contribution in [3.8, 4) is 0 Å². The number of nitrogens with one attached hydrogen (secondary N) is 1. The van der Waals surface area contributed by atoms with Crippen molar-refractivity contribution >= 4 is 5.91 Å². The molecule has 2 rings (SSSR count). The summed E-state index contributed by atoms with van der Waals surface area (Å²) in [4.78, 5) is 14.1. The first kappa shape index (κ1) is 18.8. The van der Waals surface area contributed by atoms with Gasteiger partial charge in [-0.1, -0.05) is 32.4 Å². The number of halogens is 3. The van der Waals surface area contributed by atoms with Crippen LogP contribution in [0, 0.1) is 5.92 Å². The predicted octanol–water partition coefficient (Wildman–Crippen LogP) is 4.00. The van der Waals surface area contributed by atoms with Gasteiger partial charge in [0, 0.05) is 12.6 Å². The van der Waals surface area contributed by atoms with E-state index in [4.69, 9.17) is 0 Å². The summed E-state index contributed by atoms with van der Waals surface area (Å²) in [6.07, 6.45) is -1.42. The Labute approximate surface area is 141 Å². The Kier molecular flexibility index (Phi) is 6.27.